The van der Waals surface area contributed by atoms with Gasteiger partial charge < -0.3 is 14.4 Å². The quantitative estimate of drug-likeness (QED) is 0.794. The Morgan fingerprint density at radius 2 is 2.04 bits per heavy atom. The second kappa shape index (κ2) is 7.37. The minimum absolute atomic E-state index is 0.132. The molecular weight excluding hydrogens is 374 g/mol. The average Bonchev–Trinajstić information content (AvgIpc) is 3.32. The monoisotopic (exact) mass is 399 g/mol. The van der Waals surface area contributed by atoms with E-state index in [0.717, 1.165) is 68.5 Å². The van der Waals surface area contributed by atoms with Crippen LogP contribution < -0.4 is 9.47 Å². The van der Waals surface area contributed by atoms with E-state index in [1.807, 2.05) is 6.07 Å². The van der Waals surface area contributed by atoms with Crippen LogP contribution in [-0.4, -0.2) is 53.7 Å². The molecule has 0 saturated carbocycles. The molecule has 28 heavy (non-hydrogen) atoms. The lowest BCUT2D eigenvalue weighted by Gasteiger charge is -2.37. The number of nitrogens with zero attached hydrogens (tertiary/aromatic N) is 3. The highest BCUT2D eigenvalue weighted by Crippen LogP contribution is 2.33. The van der Waals surface area contributed by atoms with E-state index in [0.29, 0.717) is 12.7 Å². The van der Waals surface area contributed by atoms with Gasteiger partial charge in [-0.1, -0.05) is 6.07 Å². The summed E-state index contributed by atoms with van der Waals surface area (Å²) in [6.45, 7) is 6.70. The number of carbonyl (C=O) groups excluding carboxylic acids is 1. The molecule has 1 aliphatic carbocycles. The van der Waals surface area contributed by atoms with Crippen LogP contribution in [0.1, 0.15) is 27.6 Å². The zero-order chi connectivity index (χ0) is 19.1. The van der Waals surface area contributed by atoms with Crippen molar-refractivity contribution in [1.29, 1.82) is 0 Å². The number of thiazole rings is 1. The summed E-state index contributed by atoms with van der Waals surface area (Å²) >= 11 is 1.76. The fraction of sp³-hybridized carbons (Fsp3) is 0.524. The number of amides is 1. The third-order valence-electron chi connectivity index (χ3n) is 5.92. The SMILES string of the molecule is Cc1nc2c(s1)CC(C(=O)N1CCN(Cc3ccc4c(c3)OCO4)CC1)CC2. The van der Waals surface area contributed by atoms with Crippen molar-refractivity contribution in [2.24, 2.45) is 5.92 Å². The normalized spacial score (nSPS) is 21.6. The first-order chi connectivity index (χ1) is 13.7. The number of aromatic nitrogens is 1. The van der Waals surface area contributed by atoms with Crippen LogP contribution >= 0.6 is 11.3 Å². The van der Waals surface area contributed by atoms with Crippen LogP contribution in [0.25, 0.3) is 0 Å². The van der Waals surface area contributed by atoms with Gasteiger partial charge in [0.1, 0.15) is 0 Å². The summed E-state index contributed by atoms with van der Waals surface area (Å²) in [6, 6.07) is 6.15. The molecule has 7 heteroatoms. The Balaban J connectivity index is 1.15. The highest BCUT2D eigenvalue weighted by Gasteiger charge is 2.31. The molecule has 3 heterocycles. The van der Waals surface area contributed by atoms with Gasteiger partial charge in [-0.05, 0) is 43.9 Å². The predicted octanol–water partition coefficient (Wildman–Crippen LogP) is 2.63. The van der Waals surface area contributed by atoms with Gasteiger partial charge in [-0.15, -0.1) is 11.3 Å². The minimum Gasteiger partial charge on any atom is -0.454 e. The smallest absolute Gasteiger partial charge is 0.231 e. The number of piperazine rings is 1. The van der Waals surface area contributed by atoms with E-state index >= 15 is 0 Å². The van der Waals surface area contributed by atoms with Gasteiger partial charge >= 0.3 is 0 Å². The molecule has 1 atom stereocenters. The van der Waals surface area contributed by atoms with Gasteiger partial charge in [0, 0.05) is 43.5 Å². The van der Waals surface area contributed by atoms with Gasteiger partial charge in [0.2, 0.25) is 12.7 Å². The molecule has 1 unspecified atom stereocenters. The van der Waals surface area contributed by atoms with E-state index in [-0.39, 0.29) is 5.92 Å². The van der Waals surface area contributed by atoms with Crippen LogP contribution in [0.2, 0.25) is 0 Å². The number of hydrogen-bond donors (Lipinski definition) is 0. The first-order valence-electron chi connectivity index (χ1n) is 10.0. The molecule has 1 aromatic heterocycles. The van der Waals surface area contributed by atoms with Gasteiger partial charge in [-0.3, -0.25) is 9.69 Å². The van der Waals surface area contributed by atoms with Crippen molar-refractivity contribution < 1.29 is 14.3 Å². The first kappa shape index (κ1) is 17.9. The fourth-order valence-corrected chi connectivity index (χ4v) is 5.46. The van der Waals surface area contributed by atoms with E-state index in [1.54, 1.807) is 11.3 Å². The molecule has 0 spiro atoms. The van der Waals surface area contributed by atoms with Gasteiger partial charge in [0.15, 0.2) is 11.5 Å². The van der Waals surface area contributed by atoms with Gasteiger partial charge in [0.25, 0.3) is 0 Å². The molecule has 2 aromatic rings. The number of ether oxygens (including phenoxy) is 2. The molecule has 2 aliphatic heterocycles. The molecule has 0 bridgehead atoms. The van der Waals surface area contributed by atoms with Crippen LogP contribution in [0.3, 0.4) is 0 Å². The first-order valence-corrected chi connectivity index (χ1v) is 10.8. The van der Waals surface area contributed by atoms with Gasteiger partial charge in [-0.2, -0.15) is 0 Å². The third kappa shape index (κ3) is 3.49. The zero-order valence-corrected chi connectivity index (χ0v) is 17.0. The number of hydrogen-bond acceptors (Lipinski definition) is 6. The lowest BCUT2D eigenvalue weighted by molar-refractivity contribution is -0.137. The van der Waals surface area contributed by atoms with Crippen molar-refractivity contribution in [3.05, 3.63) is 39.3 Å². The fourth-order valence-electron chi connectivity index (χ4n) is 4.40. The molecule has 1 aromatic carbocycles. The Kier molecular flexibility index (Phi) is 4.72. The lowest BCUT2D eigenvalue weighted by atomic mass is 9.90. The lowest BCUT2D eigenvalue weighted by Crippen LogP contribution is -2.50. The molecular formula is C21H25N3O3S. The number of fused-ring (bicyclic) bond motifs is 2. The third-order valence-corrected chi connectivity index (χ3v) is 6.96. The summed E-state index contributed by atoms with van der Waals surface area (Å²) in [7, 11) is 0. The van der Waals surface area contributed by atoms with Crippen molar-refractivity contribution >= 4 is 17.2 Å². The summed E-state index contributed by atoms with van der Waals surface area (Å²) in [5.74, 6) is 2.12. The van der Waals surface area contributed by atoms with E-state index in [1.165, 1.54) is 16.1 Å². The van der Waals surface area contributed by atoms with Gasteiger partial charge in [-0.25, -0.2) is 4.98 Å². The molecule has 148 valence electrons. The van der Waals surface area contributed by atoms with Crippen LogP contribution in [-0.2, 0) is 24.2 Å². The van der Waals surface area contributed by atoms with Crippen LogP contribution in [0, 0.1) is 12.8 Å². The maximum absolute atomic E-state index is 13.0. The number of carbonyl (C=O) groups is 1. The van der Waals surface area contributed by atoms with E-state index in [9.17, 15) is 4.79 Å². The van der Waals surface area contributed by atoms with Crippen LogP contribution in [0.4, 0.5) is 0 Å². The minimum atomic E-state index is 0.132. The van der Waals surface area contributed by atoms with Crippen molar-refractivity contribution in [2.75, 3.05) is 33.0 Å². The Morgan fingerprint density at radius 1 is 1.21 bits per heavy atom. The molecule has 6 nitrogen and oxygen atoms in total. The Hall–Kier alpha value is -2.12. The molecule has 0 radical (unpaired) electrons. The maximum atomic E-state index is 13.0. The number of rotatable bonds is 3. The second-order valence-corrected chi connectivity index (χ2v) is 9.12. The highest BCUT2D eigenvalue weighted by molar-refractivity contribution is 7.11. The predicted molar refractivity (Wildman–Crippen MR) is 107 cm³/mol. The van der Waals surface area contributed by atoms with E-state index < -0.39 is 0 Å². The number of benzene rings is 1. The largest absolute Gasteiger partial charge is 0.454 e. The van der Waals surface area contributed by atoms with Crippen molar-refractivity contribution in [1.82, 2.24) is 14.8 Å². The molecule has 3 aliphatic rings. The second-order valence-electron chi connectivity index (χ2n) is 7.83. The summed E-state index contributed by atoms with van der Waals surface area (Å²) in [4.78, 5) is 23.4. The molecule has 1 amide bonds. The highest BCUT2D eigenvalue weighted by atomic mass is 32.1. The Morgan fingerprint density at radius 3 is 2.89 bits per heavy atom. The summed E-state index contributed by atoms with van der Waals surface area (Å²) in [5.41, 5.74) is 2.45. The Bertz CT molecular complexity index is 889. The van der Waals surface area contributed by atoms with E-state index in [4.69, 9.17) is 9.47 Å². The van der Waals surface area contributed by atoms with Gasteiger partial charge in [0.05, 0.1) is 10.7 Å². The van der Waals surface area contributed by atoms with Crippen molar-refractivity contribution in [3.8, 4) is 11.5 Å². The van der Waals surface area contributed by atoms with Crippen molar-refractivity contribution in [3.63, 3.8) is 0 Å². The molecule has 5 rings (SSSR count). The number of aryl methyl sites for hydroxylation is 2. The summed E-state index contributed by atoms with van der Waals surface area (Å²) < 4.78 is 10.9. The standard InChI is InChI=1S/C21H25N3O3S/c1-14-22-17-4-3-16(11-20(17)28-14)21(25)24-8-6-23(7-9-24)12-15-2-5-18-19(10-15)27-13-26-18/h2,5,10,16H,3-4,6-9,11-13H2,1H3. The van der Waals surface area contributed by atoms with Crippen LogP contribution in [0.15, 0.2) is 18.2 Å². The molecule has 1 saturated heterocycles. The molecule has 1 fully saturated rings. The molecule has 0 N–H and O–H groups in total. The topological polar surface area (TPSA) is 54.9 Å². The maximum Gasteiger partial charge on any atom is 0.231 e. The average molecular weight is 400 g/mol. The van der Waals surface area contributed by atoms with Crippen molar-refractivity contribution in [2.45, 2.75) is 32.7 Å². The summed E-state index contributed by atoms with van der Waals surface area (Å²) in [5, 5.41) is 1.12. The zero-order valence-electron chi connectivity index (χ0n) is 16.1. The summed E-state index contributed by atoms with van der Waals surface area (Å²) in [6.07, 6.45) is 2.75. The van der Waals surface area contributed by atoms with Crippen LogP contribution in [0.5, 0.6) is 11.5 Å². The Labute approximate surface area is 169 Å². The van der Waals surface area contributed by atoms with E-state index in [2.05, 4.69) is 33.8 Å².